The summed E-state index contributed by atoms with van der Waals surface area (Å²) in [5.74, 6) is 0.739. The maximum atomic E-state index is 13.5. The van der Waals surface area contributed by atoms with Gasteiger partial charge in [-0.05, 0) is 57.4 Å². The van der Waals surface area contributed by atoms with Crippen molar-refractivity contribution >= 4 is 11.7 Å². The fourth-order valence-electron chi connectivity index (χ4n) is 3.91. The number of aliphatic hydroxyl groups is 1. The predicted molar refractivity (Wildman–Crippen MR) is 135 cm³/mol. The lowest BCUT2D eigenvalue weighted by Gasteiger charge is -2.29. The van der Waals surface area contributed by atoms with Crippen molar-refractivity contribution < 1.29 is 14.6 Å². The van der Waals surface area contributed by atoms with Gasteiger partial charge in [0, 0.05) is 42.6 Å². The van der Waals surface area contributed by atoms with Crippen molar-refractivity contribution in [2.45, 2.75) is 51.6 Å². The summed E-state index contributed by atoms with van der Waals surface area (Å²) in [6.07, 6.45) is 5.73. The zero-order valence-electron chi connectivity index (χ0n) is 20.4. The zero-order chi connectivity index (χ0) is 25.0. The lowest BCUT2D eigenvalue weighted by Crippen LogP contribution is -2.34. The van der Waals surface area contributed by atoms with Crippen molar-refractivity contribution in [2.24, 2.45) is 0 Å². The molecule has 0 radical (unpaired) electrons. The summed E-state index contributed by atoms with van der Waals surface area (Å²) >= 11 is 0. The van der Waals surface area contributed by atoms with Crippen LogP contribution in [0, 0.1) is 6.92 Å². The summed E-state index contributed by atoms with van der Waals surface area (Å²) < 4.78 is 7.38. The number of amides is 1. The Hall–Kier alpha value is -3.65. The Kier molecular flexibility index (Phi) is 7.21. The number of hydrogen-bond donors (Lipinski definition) is 3. The third kappa shape index (κ3) is 5.71. The average molecular weight is 477 g/mol. The van der Waals surface area contributed by atoms with E-state index in [1.165, 1.54) is 4.57 Å². The molecule has 184 valence electrons. The van der Waals surface area contributed by atoms with Gasteiger partial charge in [0.1, 0.15) is 5.75 Å². The van der Waals surface area contributed by atoms with E-state index in [9.17, 15) is 9.59 Å². The number of carbonyl (C=O) groups is 1. The highest BCUT2D eigenvalue weighted by Crippen LogP contribution is 2.32. The minimum atomic E-state index is -0.678. The molecule has 1 aliphatic rings. The van der Waals surface area contributed by atoms with Crippen molar-refractivity contribution in [1.29, 1.82) is 0 Å². The van der Waals surface area contributed by atoms with E-state index in [2.05, 4.69) is 15.6 Å². The summed E-state index contributed by atoms with van der Waals surface area (Å²) in [5.41, 5.74) is 1.89. The Balaban J connectivity index is 1.63. The molecule has 0 unspecified atom stereocenters. The number of aromatic nitrogens is 2. The van der Waals surface area contributed by atoms with Crippen LogP contribution in [0.25, 0.3) is 5.69 Å². The number of aryl methyl sites for hydroxylation is 1. The maximum Gasteiger partial charge on any atom is 0.297 e. The highest BCUT2D eigenvalue weighted by molar-refractivity contribution is 5.95. The van der Waals surface area contributed by atoms with Crippen LogP contribution in [0.15, 0.2) is 59.7 Å². The fraction of sp³-hybridized carbons (Fsp3) is 0.370. The van der Waals surface area contributed by atoms with E-state index in [0.29, 0.717) is 30.0 Å². The van der Waals surface area contributed by atoms with Crippen molar-refractivity contribution in [2.75, 3.05) is 18.5 Å². The van der Waals surface area contributed by atoms with Gasteiger partial charge in [0.25, 0.3) is 11.5 Å². The maximum absolute atomic E-state index is 13.5. The number of hydrogen-bond acceptors (Lipinski definition) is 6. The van der Waals surface area contributed by atoms with Crippen molar-refractivity contribution in [3.05, 3.63) is 81.9 Å². The summed E-state index contributed by atoms with van der Waals surface area (Å²) in [6, 6.07) is 13.2. The molecule has 2 aromatic carbocycles. The molecule has 1 heterocycles. The minimum Gasteiger partial charge on any atom is -0.493 e. The van der Waals surface area contributed by atoms with Gasteiger partial charge in [-0.3, -0.25) is 14.2 Å². The molecule has 8 heteroatoms. The van der Waals surface area contributed by atoms with E-state index in [0.717, 1.165) is 24.0 Å². The van der Waals surface area contributed by atoms with E-state index in [4.69, 9.17) is 9.84 Å². The fourth-order valence-corrected chi connectivity index (χ4v) is 3.91. The summed E-state index contributed by atoms with van der Waals surface area (Å²) in [6.45, 7) is 6.26. The number of aliphatic hydroxyl groups excluding tert-OH is 1. The number of nitrogens with zero attached hydrogens (tertiary/aromatic N) is 2. The van der Waals surface area contributed by atoms with Gasteiger partial charge in [-0.15, -0.1) is 0 Å². The molecule has 8 nitrogen and oxygen atoms in total. The van der Waals surface area contributed by atoms with Crippen molar-refractivity contribution in [3.8, 4) is 11.4 Å². The first-order chi connectivity index (χ1) is 16.8. The molecule has 35 heavy (non-hydrogen) atoms. The third-order valence-corrected chi connectivity index (χ3v) is 6.04. The van der Waals surface area contributed by atoms with Crippen LogP contribution >= 0.6 is 0 Å². The normalized spacial score (nSPS) is 13.4. The summed E-state index contributed by atoms with van der Waals surface area (Å²) in [4.78, 5) is 30.4. The Labute approximate surface area is 205 Å². The molecule has 1 amide bonds. The van der Waals surface area contributed by atoms with Gasteiger partial charge in [-0.2, -0.15) is 0 Å². The first-order valence-electron chi connectivity index (χ1n) is 11.9. The lowest BCUT2D eigenvalue weighted by atomic mass is 9.93. The highest BCUT2D eigenvalue weighted by Gasteiger charge is 2.27. The topological polar surface area (TPSA) is 105 Å². The van der Waals surface area contributed by atoms with Crippen LogP contribution < -0.4 is 20.9 Å². The molecule has 1 fully saturated rings. The van der Waals surface area contributed by atoms with Gasteiger partial charge in [0.2, 0.25) is 0 Å². The van der Waals surface area contributed by atoms with Gasteiger partial charge in [-0.1, -0.05) is 24.3 Å². The standard InChI is InChI=1S/C27H32N4O4/c1-18-9-10-19(25(33)29-20-11-12-20)17-22(18)31-14-13-28-24(26(31)34)30-27(2,3)21-7-4-5-8-23(21)35-16-6-15-32/h4-5,7-10,13-14,17,20,32H,6,11-12,15-16H2,1-3H3,(H,28,30)(H,29,33). The molecule has 3 aromatic rings. The van der Waals surface area contributed by atoms with E-state index in [1.807, 2.05) is 51.1 Å². The smallest absolute Gasteiger partial charge is 0.297 e. The molecule has 0 aliphatic heterocycles. The minimum absolute atomic E-state index is 0.0557. The van der Waals surface area contributed by atoms with Gasteiger partial charge in [-0.25, -0.2) is 4.98 Å². The SMILES string of the molecule is Cc1ccc(C(=O)NC2CC2)cc1-n1ccnc(NC(C)(C)c2ccccc2OCCCO)c1=O. The second kappa shape index (κ2) is 10.3. The largest absolute Gasteiger partial charge is 0.493 e. The van der Waals surface area contributed by atoms with Crippen LogP contribution in [0.5, 0.6) is 5.75 Å². The Morgan fingerprint density at radius 2 is 2.00 bits per heavy atom. The molecule has 0 saturated heterocycles. The molecule has 1 saturated carbocycles. The van der Waals surface area contributed by atoms with E-state index in [-0.39, 0.29) is 29.9 Å². The number of rotatable bonds is 10. The quantitative estimate of drug-likeness (QED) is 0.387. The molecule has 1 aliphatic carbocycles. The lowest BCUT2D eigenvalue weighted by molar-refractivity contribution is 0.0951. The van der Waals surface area contributed by atoms with Gasteiger partial charge in [0.05, 0.1) is 17.8 Å². The van der Waals surface area contributed by atoms with Crippen LogP contribution in [-0.2, 0) is 5.54 Å². The third-order valence-electron chi connectivity index (χ3n) is 6.04. The first-order valence-corrected chi connectivity index (χ1v) is 11.9. The van der Waals surface area contributed by atoms with Gasteiger partial charge in [0.15, 0.2) is 5.82 Å². The monoisotopic (exact) mass is 476 g/mol. The average Bonchev–Trinajstić information content (AvgIpc) is 3.65. The molecule has 0 atom stereocenters. The second-order valence-electron chi connectivity index (χ2n) is 9.37. The van der Waals surface area contributed by atoms with Crippen LogP contribution in [0.1, 0.15) is 54.6 Å². The number of para-hydroxylation sites is 1. The predicted octanol–water partition coefficient (Wildman–Crippen LogP) is 3.54. The Morgan fingerprint density at radius 1 is 1.23 bits per heavy atom. The number of anilines is 1. The molecule has 0 spiro atoms. The molecule has 3 N–H and O–H groups in total. The van der Waals surface area contributed by atoms with Gasteiger partial charge >= 0.3 is 0 Å². The van der Waals surface area contributed by atoms with Gasteiger partial charge < -0.3 is 20.5 Å². The number of benzene rings is 2. The Morgan fingerprint density at radius 3 is 2.74 bits per heavy atom. The molecular formula is C27H32N4O4. The molecule has 0 bridgehead atoms. The highest BCUT2D eigenvalue weighted by atomic mass is 16.5. The van der Waals surface area contributed by atoms with Crippen molar-refractivity contribution in [3.63, 3.8) is 0 Å². The summed E-state index contributed by atoms with van der Waals surface area (Å²) in [7, 11) is 0. The van der Waals surface area contributed by atoms with Crippen LogP contribution in [0.4, 0.5) is 5.82 Å². The number of nitrogens with one attached hydrogen (secondary N) is 2. The zero-order valence-corrected chi connectivity index (χ0v) is 20.4. The van der Waals surface area contributed by atoms with Crippen molar-refractivity contribution in [1.82, 2.24) is 14.9 Å². The molecular weight excluding hydrogens is 444 g/mol. The number of carbonyl (C=O) groups excluding carboxylic acids is 1. The van der Waals surface area contributed by atoms with Crippen LogP contribution in [0.2, 0.25) is 0 Å². The van der Waals surface area contributed by atoms with E-state index < -0.39 is 5.54 Å². The molecule has 4 rings (SSSR count). The van der Waals surface area contributed by atoms with E-state index >= 15 is 0 Å². The van der Waals surface area contributed by atoms with Crippen LogP contribution in [0.3, 0.4) is 0 Å². The first kappa shape index (κ1) is 24.5. The van der Waals surface area contributed by atoms with E-state index in [1.54, 1.807) is 24.5 Å². The van der Waals surface area contributed by atoms with Crippen LogP contribution in [-0.4, -0.2) is 39.8 Å². The number of ether oxygens (including phenoxy) is 1. The summed E-state index contributed by atoms with van der Waals surface area (Å²) in [5, 5.41) is 15.3. The second-order valence-corrected chi connectivity index (χ2v) is 9.37. The Bertz CT molecular complexity index is 1260. The molecule has 1 aromatic heterocycles.